The third-order valence-electron chi connectivity index (χ3n) is 3.00. The summed E-state index contributed by atoms with van der Waals surface area (Å²) >= 11 is 0. The van der Waals surface area contributed by atoms with Gasteiger partial charge in [-0.05, 0) is 44.6 Å². The predicted molar refractivity (Wildman–Crippen MR) is 76.8 cm³/mol. The summed E-state index contributed by atoms with van der Waals surface area (Å²) in [7, 11) is 3.80. The second-order valence-corrected chi connectivity index (χ2v) is 5.93. The van der Waals surface area contributed by atoms with Gasteiger partial charge in [0.25, 0.3) is 0 Å². The second kappa shape index (κ2) is 7.11. The highest BCUT2D eigenvalue weighted by atomic mass is 19.4. The smallest absolute Gasteiger partial charge is 0.379 e. The maximum absolute atomic E-state index is 13.8. The molecule has 21 heavy (non-hydrogen) atoms. The Labute approximate surface area is 123 Å². The van der Waals surface area contributed by atoms with Crippen molar-refractivity contribution in [2.24, 2.45) is 5.92 Å². The molecule has 120 valence electrons. The molecule has 0 saturated heterocycles. The highest BCUT2D eigenvalue weighted by Gasteiger charge is 2.31. The molecule has 0 heterocycles. The molecule has 1 unspecified atom stereocenters. The number of nitrogens with zero attached hydrogens (tertiary/aromatic N) is 1. The molecular formula is C15H22F4N2. The first kappa shape index (κ1) is 17.8. The van der Waals surface area contributed by atoms with E-state index < -0.39 is 17.6 Å². The average Bonchev–Trinajstić information content (AvgIpc) is 2.28. The van der Waals surface area contributed by atoms with Gasteiger partial charge >= 0.3 is 6.18 Å². The molecule has 0 bridgehead atoms. The van der Waals surface area contributed by atoms with Crippen molar-refractivity contribution in [1.82, 2.24) is 4.90 Å². The summed E-state index contributed by atoms with van der Waals surface area (Å²) in [6.07, 6.45) is -3.72. The van der Waals surface area contributed by atoms with Crippen molar-refractivity contribution in [2.75, 3.05) is 26.0 Å². The molecule has 0 fully saturated rings. The van der Waals surface area contributed by atoms with E-state index in [1.807, 2.05) is 32.8 Å². The van der Waals surface area contributed by atoms with E-state index in [1.165, 1.54) is 0 Å². The highest BCUT2D eigenvalue weighted by molar-refractivity contribution is 5.47. The predicted octanol–water partition coefficient (Wildman–Crippen LogP) is 4.23. The Morgan fingerprint density at radius 3 is 2.24 bits per heavy atom. The first-order chi connectivity index (χ1) is 9.59. The molecule has 0 radical (unpaired) electrons. The minimum Gasteiger partial charge on any atom is -0.379 e. The number of halogens is 4. The summed E-state index contributed by atoms with van der Waals surface area (Å²) in [6.45, 7) is 4.78. The fourth-order valence-electron chi connectivity index (χ4n) is 2.22. The van der Waals surface area contributed by atoms with Gasteiger partial charge in [0, 0.05) is 12.6 Å². The molecule has 2 nitrogen and oxygen atoms in total. The van der Waals surface area contributed by atoms with E-state index in [0.717, 1.165) is 18.6 Å². The summed E-state index contributed by atoms with van der Waals surface area (Å²) in [6, 6.07) is 2.56. The molecule has 0 saturated carbocycles. The van der Waals surface area contributed by atoms with E-state index in [4.69, 9.17) is 0 Å². The number of anilines is 1. The summed E-state index contributed by atoms with van der Waals surface area (Å²) in [5.41, 5.74) is -0.867. The van der Waals surface area contributed by atoms with Crippen molar-refractivity contribution in [3.63, 3.8) is 0 Å². The van der Waals surface area contributed by atoms with E-state index in [1.54, 1.807) is 0 Å². The van der Waals surface area contributed by atoms with Crippen LogP contribution in [0.3, 0.4) is 0 Å². The summed E-state index contributed by atoms with van der Waals surface area (Å²) in [5, 5.41) is 3.00. The topological polar surface area (TPSA) is 15.3 Å². The number of likely N-dealkylation sites (N-methyl/N-ethyl adjacent to an activating group) is 1. The zero-order valence-corrected chi connectivity index (χ0v) is 12.8. The second-order valence-electron chi connectivity index (χ2n) is 5.93. The number of alkyl halides is 3. The average molecular weight is 306 g/mol. The molecule has 0 aromatic heterocycles. The first-order valence-electron chi connectivity index (χ1n) is 6.87. The molecule has 6 heteroatoms. The molecule has 0 aliphatic rings. The van der Waals surface area contributed by atoms with Gasteiger partial charge in [0.05, 0.1) is 11.3 Å². The zero-order valence-electron chi connectivity index (χ0n) is 12.8. The Bertz CT molecular complexity index is 445. The fourth-order valence-corrected chi connectivity index (χ4v) is 2.22. The standard InChI is InChI=1S/C15H22F4N2/c1-10(2)7-12(9-21(3)4)20-14-6-5-11(8-13(14)16)15(17,18)19/h5-6,8,10,12,20H,7,9H2,1-4H3. The number of hydrogen-bond donors (Lipinski definition) is 1. The molecule has 0 spiro atoms. The molecule has 1 atom stereocenters. The van der Waals surface area contributed by atoms with Crippen LogP contribution in [0.1, 0.15) is 25.8 Å². The third kappa shape index (κ3) is 5.91. The highest BCUT2D eigenvalue weighted by Crippen LogP contribution is 2.31. The van der Waals surface area contributed by atoms with Gasteiger partial charge in [0.1, 0.15) is 5.82 Å². The zero-order chi connectivity index (χ0) is 16.2. The lowest BCUT2D eigenvalue weighted by atomic mass is 10.0. The summed E-state index contributed by atoms with van der Waals surface area (Å²) in [5.74, 6) is -0.475. The van der Waals surface area contributed by atoms with Crippen LogP contribution >= 0.6 is 0 Å². The van der Waals surface area contributed by atoms with Crippen molar-refractivity contribution in [3.8, 4) is 0 Å². The number of nitrogens with one attached hydrogen (secondary N) is 1. The van der Waals surface area contributed by atoms with Crippen LogP contribution < -0.4 is 5.32 Å². The van der Waals surface area contributed by atoms with Gasteiger partial charge in [0.2, 0.25) is 0 Å². The van der Waals surface area contributed by atoms with Crippen LogP contribution in [0, 0.1) is 11.7 Å². The van der Waals surface area contributed by atoms with Crippen LogP contribution in [0.4, 0.5) is 23.2 Å². The Kier molecular flexibility index (Phi) is 6.01. The number of hydrogen-bond acceptors (Lipinski definition) is 2. The Hall–Kier alpha value is -1.30. The lowest BCUT2D eigenvalue weighted by molar-refractivity contribution is -0.137. The van der Waals surface area contributed by atoms with E-state index in [9.17, 15) is 17.6 Å². The van der Waals surface area contributed by atoms with E-state index in [2.05, 4.69) is 5.32 Å². The van der Waals surface area contributed by atoms with Crippen molar-refractivity contribution in [1.29, 1.82) is 0 Å². The SMILES string of the molecule is CC(C)CC(CN(C)C)Nc1ccc(C(F)(F)F)cc1F. The molecular weight excluding hydrogens is 284 g/mol. The Morgan fingerprint density at radius 2 is 1.81 bits per heavy atom. The Morgan fingerprint density at radius 1 is 1.19 bits per heavy atom. The largest absolute Gasteiger partial charge is 0.416 e. The van der Waals surface area contributed by atoms with Crippen LogP contribution in [0.2, 0.25) is 0 Å². The van der Waals surface area contributed by atoms with Gasteiger partial charge < -0.3 is 10.2 Å². The van der Waals surface area contributed by atoms with Gasteiger partial charge in [-0.2, -0.15) is 13.2 Å². The number of benzene rings is 1. The third-order valence-corrected chi connectivity index (χ3v) is 3.00. The quantitative estimate of drug-likeness (QED) is 0.791. The molecule has 0 aliphatic heterocycles. The fraction of sp³-hybridized carbons (Fsp3) is 0.600. The molecule has 0 aliphatic carbocycles. The van der Waals surface area contributed by atoms with E-state index in [0.29, 0.717) is 18.5 Å². The van der Waals surface area contributed by atoms with E-state index in [-0.39, 0.29) is 11.7 Å². The van der Waals surface area contributed by atoms with Gasteiger partial charge in [-0.1, -0.05) is 13.8 Å². The molecule has 1 aromatic carbocycles. The van der Waals surface area contributed by atoms with Crippen molar-refractivity contribution in [2.45, 2.75) is 32.5 Å². The minimum atomic E-state index is -4.53. The molecule has 1 N–H and O–H groups in total. The van der Waals surface area contributed by atoms with Gasteiger partial charge in [-0.15, -0.1) is 0 Å². The van der Waals surface area contributed by atoms with Crippen LogP contribution in [-0.4, -0.2) is 31.6 Å². The molecule has 1 aromatic rings. The van der Waals surface area contributed by atoms with Crippen molar-refractivity contribution >= 4 is 5.69 Å². The van der Waals surface area contributed by atoms with Crippen molar-refractivity contribution < 1.29 is 17.6 Å². The molecule has 0 amide bonds. The lowest BCUT2D eigenvalue weighted by Gasteiger charge is -2.25. The van der Waals surface area contributed by atoms with Gasteiger partial charge in [-0.25, -0.2) is 4.39 Å². The lowest BCUT2D eigenvalue weighted by Crippen LogP contribution is -2.33. The van der Waals surface area contributed by atoms with Crippen LogP contribution in [-0.2, 0) is 6.18 Å². The summed E-state index contributed by atoms with van der Waals surface area (Å²) < 4.78 is 51.4. The van der Waals surface area contributed by atoms with Crippen LogP contribution in [0.15, 0.2) is 18.2 Å². The maximum Gasteiger partial charge on any atom is 0.416 e. The monoisotopic (exact) mass is 306 g/mol. The van der Waals surface area contributed by atoms with Crippen molar-refractivity contribution in [3.05, 3.63) is 29.6 Å². The maximum atomic E-state index is 13.8. The number of rotatable bonds is 6. The molecule has 1 rings (SSSR count). The minimum absolute atomic E-state index is 0.0220. The van der Waals surface area contributed by atoms with Gasteiger partial charge in [-0.3, -0.25) is 0 Å². The van der Waals surface area contributed by atoms with E-state index >= 15 is 0 Å². The first-order valence-corrected chi connectivity index (χ1v) is 6.87. The summed E-state index contributed by atoms with van der Waals surface area (Å²) in [4.78, 5) is 1.96. The Balaban J connectivity index is 2.88. The van der Waals surface area contributed by atoms with Gasteiger partial charge in [0.15, 0.2) is 0 Å². The normalized spacial score (nSPS) is 13.8. The van der Waals surface area contributed by atoms with Crippen LogP contribution in [0.25, 0.3) is 0 Å². The van der Waals surface area contributed by atoms with Crippen LogP contribution in [0.5, 0.6) is 0 Å².